The van der Waals surface area contributed by atoms with Gasteiger partial charge >= 0.3 is 5.97 Å². The average Bonchev–Trinajstić information content (AvgIpc) is 3.11. The lowest BCUT2D eigenvalue weighted by molar-refractivity contribution is 0.0515. The summed E-state index contributed by atoms with van der Waals surface area (Å²) in [5.74, 6) is 1.13. The molecule has 0 spiro atoms. The van der Waals surface area contributed by atoms with E-state index in [2.05, 4.69) is 21.1 Å². The molecule has 0 saturated heterocycles. The molecule has 7 heteroatoms. The number of hydrogen-bond donors (Lipinski definition) is 0. The fourth-order valence-electron chi connectivity index (χ4n) is 2.90. The van der Waals surface area contributed by atoms with Gasteiger partial charge in [0.2, 0.25) is 0 Å². The van der Waals surface area contributed by atoms with Gasteiger partial charge in [-0.15, -0.1) is 0 Å². The Morgan fingerprint density at radius 3 is 2.35 bits per heavy atom. The summed E-state index contributed by atoms with van der Waals surface area (Å²) < 4.78 is 16.8. The maximum atomic E-state index is 12.3. The van der Waals surface area contributed by atoms with Crippen LogP contribution in [-0.4, -0.2) is 33.0 Å². The maximum absolute atomic E-state index is 12.3. The van der Waals surface area contributed by atoms with Crippen LogP contribution in [0.4, 0.5) is 0 Å². The van der Waals surface area contributed by atoms with Gasteiger partial charge in [0.15, 0.2) is 11.5 Å². The number of nitrogens with zero attached hydrogens (tertiary/aromatic N) is 1. The number of oxime groups is 1. The summed E-state index contributed by atoms with van der Waals surface area (Å²) in [5.41, 5.74) is 2.99. The minimum Gasteiger partial charge on any atom is -0.496 e. The molecule has 0 N–H and O–H groups in total. The first kappa shape index (κ1) is 18.3. The smallest absolute Gasteiger partial charge is 0.365 e. The van der Waals surface area contributed by atoms with Gasteiger partial charge in [-0.25, -0.2) is 4.79 Å². The second kappa shape index (κ2) is 7.78. The van der Waals surface area contributed by atoms with Crippen LogP contribution >= 0.6 is 15.9 Å². The predicted octanol–water partition coefficient (Wildman–Crippen LogP) is 3.98. The van der Waals surface area contributed by atoms with Crippen molar-refractivity contribution in [1.29, 1.82) is 0 Å². The lowest BCUT2D eigenvalue weighted by Crippen LogP contribution is -2.06. The number of carbonyl (C=O) groups excluding carboxylic acids is 1. The van der Waals surface area contributed by atoms with E-state index in [1.807, 2.05) is 12.1 Å². The van der Waals surface area contributed by atoms with E-state index in [1.54, 1.807) is 25.3 Å². The summed E-state index contributed by atoms with van der Waals surface area (Å²) in [6.07, 6.45) is 1.48. The van der Waals surface area contributed by atoms with E-state index in [0.717, 1.165) is 22.0 Å². The number of fused-ring (bicyclic) bond motifs is 1. The number of methoxy groups -OCH3 is 3. The Balaban J connectivity index is 1.84. The zero-order chi connectivity index (χ0) is 18.7. The van der Waals surface area contributed by atoms with Crippen molar-refractivity contribution in [3.8, 4) is 17.2 Å². The third kappa shape index (κ3) is 3.39. The van der Waals surface area contributed by atoms with Crippen molar-refractivity contribution >= 4 is 27.6 Å². The first-order valence-electron chi connectivity index (χ1n) is 7.95. The van der Waals surface area contributed by atoms with Gasteiger partial charge in [0.25, 0.3) is 0 Å². The molecule has 6 nitrogen and oxygen atoms in total. The Kier molecular flexibility index (Phi) is 5.46. The first-order chi connectivity index (χ1) is 12.6. The van der Waals surface area contributed by atoms with E-state index in [1.165, 1.54) is 14.2 Å². The zero-order valence-corrected chi connectivity index (χ0v) is 16.3. The predicted molar refractivity (Wildman–Crippen MR) is 101 cm³/mol. The fourth-order valence-corrected chi connectivity index (χ4v) is 3.43. The van der Waals surface area contributed by atoms with Gasteiger partial charge in [-0.3, -0.25) is 0 Å². The van der Waals surface area contributed by atoms with Gasteiger partial charge in [-0.05, 0) is 48.7 Å². The van der Waals surface area contributed by atoms with Crippen LogP contribution in [0.3, 0.4) is 0 Å². The highest BCUT2D eigenvalue weighted by Crippen LogP contribution is 2.36. The van der Waals surface area contributed by atoms with Crippen molar-refractivity contribution in [1.82, 2.24) is 0 Å². The molecule has 1 aliphatic rings. The standard InChI is InChI=1S/C19H18BrNO5/c1-23-15-8-4-11(10-17(15)25-3)19(22)26-21-14-7-5-12-13(20)6-9-16(24-2)18(12)14/h4,6,8-10H,5,7H2,1-3H3/b21-14-. The first-order valence-corrected chi connectivity index (χ1v) is 8.74. The molecule has 0 radical (unpaired) electrons. The van der Waals surface area contributed by atoms with Crippen molar-refractivity contribution in [2.24, 2.45) is 5.16 Å². The van der Waals surface area contributed by atoms with Crippen molar-refractivity contribution in [3.05, 3.63) is 51.5 Å². The number of carbonyl (C=O) groups is 1. The minimum atomic E-state index is -0.569. The molecule has 2 aromatic rings. The molecule has 0 heterocycles. The van der Waals surface area contributed by atoms with E-state index in [0.29, 0.717) is 34.9 Å². The molecule has 0 unspecified atom stereocenters. The largest absolute Gasteiger partial charge is 0.496 e. The number of halogens is 1. The van der Waals surface area contributed by atoms with Crippen LogP contribution < -0.4 is 14.2 Å². The lowest BCUT2D eigenvalue weighted by atomic mass is 10.1. The maximum Gasteiger partial charge on any atom is 0.365 e. The fraction of sp³-hybridized carbons (Fsp3) is 0.263. The monoisotopic (exact) mass is 419 g/mol. The van der Waals surface area contributed by atoms with Crippen molar-refractivity contribution in [3.63, 3.8) is 0 Å². The van der Waals surface area contributed by atoms with Crippen LogP contribution in [0, 0.1) is 0 Å². The van der Waals surface area contributed by atoms with Gasteiger partial charge in [0.05, 0.1) is 32.6 Å². The topological polar surface area (TPSA) is 66.4 Å². The summed E-state index contributed by atoms with van der Waals surface area (Å²) in [6.45, 7) is 0. The molecule has 1 aliphatic carbocycles. The highest BCUT2D eigenvalue weighted by atomic mass is 79.9. The van der Waals surface area contributed by atoms with Crippen molar-refractivity contribution in [2.75, 3.05) is 21.3 Å². The summed E-state index contributed by atoms with van der Waals surface area (Å²) in [5, 5.41) is 4.08. The van der Waals surface area contributed by atoms with Gasteiger partial charge < -0.3 is 19.0 Å². The average molecular weight is 420 g/mol. The molecule has 0 amide bonds. The van der Waals surface area contributed by atoms with Gasteiger partial charge in [-0.1, -0.05) is 21.1 Å². The summed E-state index contributed by atoms with van der Waals surface area (Å²) >= 11 is 3.54. The van der Waals surface area contributed by atoms with E-state index in [4.69, 9.17) is 19.0 Å². The number of rotatable bonds is 5. The normalized spacial score (nSPS) is 14.1. The van der Waals surface area contributed by atoms with Crippen LogP contribution in [0.5, 0.6) is 17.2 Å². The van der Waals surface area contributed by atoms with Crippen LogP contribution in [0.25, 0.3) is 0 Å². The van der Waals surface area contributed by atoms with Gasteiger partial charge in [0, 0.05) is 10.0 Å². The molecule has 0 aliphatic heterocycles. The molecule has 3 rings (SSSR count). The Morgan fingerprint density at radius 1 is 0.962 bits per heavy atom. The SMILES string of the molecule is COc1ccc(C(=O)O/N=C2/CCc3c(Br)ccc(OC)c32)cc1OC. The molecule has 0 fully saturated rings. The zero-order valence-electron chi connectivity index (χ0n) is 14.7. The van der Waals surface area contributed by atoms with Gasteiger partial charge in [0.1, 0.15) is 5.75 Å². The number of benzene rings is 2. The Hall–Kier alpha value is -2.54. The molecule has 26 heavy (non-hydrogen) atoms. The molecule has 0 atom stereocenters. The summed E-state index contributed by atoms with van der Waals surface area (Å²) in [4.78, 5) is 17.5. The number of ether oxygens (including phenoxy) is 3. The molecule has 0 aromatic heterocycles. The van der Waals surface area contributed by atoms with Gasteiger partial charge in [-0.2, -0.15) is 0 Å². The lowest BCUT2D eigenvalue weighted by Gasteiger charge is -2.09. The Morgan fingerprint density at radius 2 is 1.65 bits per heavy atom. The third-order valence-electron chi connectivity index (χ3n) is 4.20. The summed E-state index contributed by atoms with van der Waals surface area (Å²) in [7, 11) is 4.65. The quantitative estimate of drug-likeness (QED) is 0.541. The van der Waals surface area contributed by atoms with Crippen molar-refractivity contribution < 1.29 is 23.8 Å². The second-order valence-corrected chi connectivity index (χ2v) is 6.44. The molecule has 2 aromatic carbocycles. The molecular weight excluding hydrogens is 402 g/mol. The second-order valence-electron chi connectivity index (χ2n) is 5.59. The molecule has 0 bridgehead atoms. The van der Waals surface area contributed by atoms with Crippen molar-refractivity contribution in [2.45, 2.75) is 12.8 Å². The van der Waals surface area contributed by atoms with E-state index in [-0.39, 0.29) is 0 Å². The van der Waals surface area contributed by atoms with Crippen LogP contribution in [0.2, 0.25) is 0 Å². The van der Waals surface area contributed by atoms with Crippen LogP contribution in [0.15, 0.2) is 40.0 Å². The molecule has 0 saturated carbocycles. The Labute approximate surface area is 159 Å². The van der Waals surface area contributed by atoms with E-state index in [9.17, 15) is 4.79 Å². The number of hydrogen-bond acceptors (Lipinski definition) is 6. The summed E-state index contributed by atoms with van der Waals surface area (Å²) in [6, 6.07) is 8.61. The van der Waals surface area contributed by atoms with E-state index < -0.39 is 5.97 Å². The molecular formula is C19H18BrNO5. The minimum absolute atomic E-state index is 0.325. The van der Waals surface area contributed by atoms with Crippen LogP contribution in [-0.2, 0) is 11.3 Å². The van der Waals surface area contributed by atoms with Crippen LogP contribution in [0.1, 0.15) is 27.9 Å². The Bertz CT molecular complexity index is 878. The molecule has 136 valence electrons. The highest BCUT2D eigenvalue weighted by Gasteiger charge is 2.25. The van der Waals surface area contributed by atoms with E-state index >= 15 is 0 Å². The highest BCUT2D eigenvalue weighted by molar-refractivity contribution is 9.10. The third-order valence-corrected chi connectivity index (χ3v) is 4.94.